The fraction of sp³-hybridized carbons (Fsp3) is 0.615. The van der Waals surface area contributed by atoms with Gasteiger partial charge in [0.1, 0.15) is 0 Å². The third kappa shape index (κ3) is 4.35. The van der Waals surface area contributed by atoms with Crippen LogP contribution in [-0.2, 0) is 21.4 Å². The number of nitrogens with one attached hydrogen (secondary N) is 1. The zero-order chi connectivity index (χ0) is 27.2. The largest absolute Gasteiger partial charge is 0.477 e. The lowest BCUT2D eigenvalue weighted by atomic mass is 9.57. The molecule has 1 saturated heterocycles. The van der Waals surface area contributed by atoms with Crippen LogP contribution in [0.25, 0.3) is 0 Å². The monoisotopic (exact) mass is 527 g/mol. The highest BCUT2D eigenvalue weighted by atomic mass is 16.6. The van der Waals surface area contributed by atoms with Gasteiger partial charge in [0.15, 0.2) is 29.3 Å². The van der Waals surface area contributed by atoms with Gasteiger partial charge >= 0.3 is 6.09 Å². The number of Topliss-reactive ketones (excluding diaryl/α,β-unsaturated/α-hetero) is 1. The van der Waals surface area contributed by atoms with Gasteiger partial charge < -0.3 is 41.8 Å². The molecule has 2 unspecified atom stereocenters. The number of guanidine groups is 1. The smallest absolute Gasteiger partial charge is 0.415 e. The van der Waals surface area contributed by atoms with Crippen LogP contribution >= 0.6 is 0 Å². The number of rotatable bonds is 9. The number of carbonyl (C=O) groups is 3. The quantitative estimate of drug-likeness (QED) is 0.186. The van der Waals surface area contributed by atoms with Crippen molar-refractivity contribution in [1.82, 2.24) is 15.1 Å². The number of carbonyl (C=O) groups excluding carboxylic acids is 3. The van der Waals surface area contributed by atoms with Crippen LogP contribution in [0.3, 0.4) is 0 Å². The van der Waals surface area contributed by atoms with Gasteiger partial charge in [0.05, 0.1) is 11.5 Å². The second-order valence-corrected chi connectivity index (χ2v) is 10.9. The fourth-order valence-electron chi connectivity index (χ4n) is 6.82. The van der Waals surface area contributed by atoms with Gasteiger partial charge in [-0.2, -0.15) is 0 Å². The first-order valence-electron chi connectivity index (χ1n) is 13.2. The van der Waals surface area contributed by atoms with E-state index in [1.807, 2.05) is 6.07 Å². The van der Waals surface area contributed by atoms with Crippen LogP contribution in [0.15, 0.2) is 17.1 Å². The Balaban J connectivity index is 1.20. The molecule has 2 bridgehead atoms. The van der Waals surface area contributed by atoms with Crippen molar-refractivity contribution in [2.75, 3.05) is 40.3 Å². The summed E-state index contributed by atoms with van der Waals surface area (Å²) in [7, 11) is 3.72. The van der Waals surface area contributed by atoms with Crippen molar-refractivity contribution in [3.8, 4) is 11.5 Å². The molecule has 206 valence electrons. The molecule has 4 aliphatic rings. The van der Waals surface area contributed by atoms with E-state index in [1.165, 1.54) is 10.5 Å². The average molecular weight is 528 g/mol. The van der Waals surface area contributed by atoms with Gasteiger partial charge in [0.2, 0.25) is 5.91 Å². The number of hydrogen-bond acceptors (Lipinski definition) is 8. The highest BCUT2D eigenvalue weighted by molar-refractivity contribution is 5.89. The van der Waals surface area contributed by atoms with Crippen molar-refractivity contribution in [1.29, 1.82) is 0 Å². The summed E-state index contributed by atoms with van der Waals surface area (Å²) in [4.78, 5) is 45.7. The van der Waals surface area contributed by atoms with E-state index in [9.17, 15) is 14.4 Å². The van der Waals surface area contributed by atoms with Crippen molar-refractivity contribution < 1.29 is 23.9 Å². The first kappa shape index (κ1) is 26.2. The Labute approximate surface area is 221 Å². The molecule has 1 saturated carbocycles. The van der Waals surface area contributed by atoms with Crippen LogP contribution in [-0.4, -0.2) is 92.0 Å². The number of nitrogens with zero attached hydrogens (tertiary/aromatic N) is 3. The molecule has 0 radical (unpaired) electrons. The van der Waals surface area contributed by atoms with Gasteiger partial charge in [0, 0.05) is 51.3 Å². The van der Waals surface area contributed by atoms with Crippen LogP contribution < -0.4 is 32.0 Å². The summed E-state index contributed by atoms with van der Waals surface area (Å²) in [6.45, 7) is 1.62. The molecule has 2 aliphatic heterocycles. The van der Waals surface area contributed by atoms with Crippen LogP contribution in [0.2, 0.25) is 0 Å². The highest BCUT2D eigenvalue weighted by Gasteiger charge is 2.68. The zero-order valence-corrected chi connectivity index (χ0v) is 21.9. The molecule has 12 nitrogen and oxygen atoms in total. The average Bonchev–Trinajstić information content (AvgIpc) is 3.33. The maximum atomic E-state index is 13.0. The summed E-state index contributed by atoms with van der Waals surface area (Å²) in [6, 6.07) is 3.47. The van der Waals surface area contributed by atoms with E-state index < -0.39 is 18.2 Å². The number of ketones is 1. The summed E-state index contributed by atoms with van der Waals surface area (Å²) in [5.74, 6) is 1.04. The van der Waals surface area contributed by atoms with E-state index in [0.717, 1.165) is 24.9 Å². The number of likely N-dealkylation sites (tertiary alicyclic amines) is 1. The Kier molecular flexibility index (Phi) is 6.95. The van der Waals surface area contributed by atoms with Gasteiger partial charge in [-0.05, 0) is 50.3 Å². The summed E-state index contributed by atoms with van der Waals surface area (Å²) in [6.07, 6.45) is 2.20. The number of benzene rings is 1. The molecule has 2 heterocycles. The standard InChI is InChI=1S/C26H37N7O5/c1-32(11-10-30-23(35)16(27)4-3-9-31-24(28)29)25(36)37-19-8-5-14-12-17-15-6-7-18(34)22-26(15,13-33(17)2)20(14)21(19)38-22/h5,8,15-17,22H,3-4,6-7,9-13,27H2,1-2H3,(H,30,35)(H4,28,29,31)/t15?,16-,17+,22?,26-/m0/s1. The number of hydrogen-bond donors (Lipinski definition) is 4. The van der Waals surface area contributed by atoms with Gasteiger partial charge in [-0.3, -0.25) is 14.6 Å². The first-order chi connectivity index (χ1) is 18.1. The van der Waals surface area contributed by atoms with Crippen molar-refractivity contribution in [2.24, 2.45) is 28.1 Å². The highest BCUT2D eigenvalue weighted by Crippen LogP contribution is 2.63. The normalized spacial score (nSPS) is 27.2. The van der Waals surface area contributed by atoms with E-state index in [1.54, 1.807) is 13.1 Å². The van der Waals surface area contributed by atoms with E-state index in [2.05, 4.69) is 22.3 Å². The van der Waals surface area contributed by atoms with Crippen LogP contribution in [0, 0.1) is 5.92 Å². The molecule has 38 heavy (non-hydrogen) atoms. The van der Waals surface area contributed by atoms with E-state index >= 15 is 0 Å². The Morgan fingerprint density at radius 2 is 2.16 bits per heavy atom. The third-order valence-electron chi connectivity index (χ3n) is 8.56. The van der Waals surface area contributed by atoms with Crippen molar-refractivity contribution in [3.63, 3.8) is 0 Å². The molecular formula is C26H37N7O5. The molecule has 1 aromatic carbocycles. The molecule has 1 aromatic rings. The minimum Gasteiger partial charge on any atom is -0.477 e. The van der Waals surface area contributed by atoms with Crippen LogP contribution in [0.4, 0.5) is 4.79 Å². The topological polar surface area (TPSA) is 179 Å². The van der Waals surface area contributed by atoms with Gasteiger partial charge in [-0.25, -0.2) is 4.79 Å². The Morgan fingerprint density at radius 1 is 1.37 bits per heavy atom. The number of aliphatic imine (C=N–C) groups is 1. The molecule has 1 spiro atoms. The maximum Gasteiger partial charge on any atom is 0.415 e. The first-order valence-corrected chi connectivity index (χ1v) is 13.2. The second-order valence-electron chi connectivity index (χ2n) is 10.9. The molecule has 0 aromatic heterocycles. The summed E-state index contributed by atoms with van der Waals surface area (Å²) < 4.78 is 12.1. The molecule has 12 heteroatoms. The Bertz CT molecular complexity index is 1170. The lowest BCUT2D eigenvalue weighted by Gasteiger charge is -2.43. The molecule has 7 N–H and O–H groups in total. The third-order valence-corrected chi connectivity index (χ3v) is 8.56. The molecule has 2 amide bonds. The number of nitrogens with two attached hydrogens (primary N) is 3. The van der Waals surface area contributed by atoms with E-state index in [4.69, 9.17) is 26.7 Å². The summed E-state index contributed by atoms with van der Waals surface area (Å²) >= 11 is 0. The van der Waals surface area contributed by atoms with E-state index in [0.29, 0.717) is 49.3 Å². The van der Waals surface area contributed by atoms with Gasteiger partial charge in [-0.1, -0.05) is 6.07 Å². The molecule has 5 rings (SSSR count). The maximum absolute atomic E-state index is 13.0. The molecule has 2 aliphatic carbocycles. The van der Waals surface area contributed by atoms with Crippen LogP contribution in [0.1, 0.15) is 36.8 Å². The molecular weight excluding hydrogens is 490 g/mol. The van der Waals surface area contributed by atoms with Crippen molar-refractivity contribution >= 4 is 23.7 Å². The summed E-state index contributed by atoms with van der Waals surface area (Å²) in [5, 5.41) is 2.74. The second kappa shape index (κ2) is 10.1. The van der Waals surface area contributed by atoms with Crippen molar-refractivity contribution in [3.05, 3.63) is 23.3 Å². The lowest BCUT2D eigenvalue weighted by Crippen LogP contribution is -2.55. The van der Waals surface area contributed by atoms with Crippen LogP contribution in [0.5, 0.6) is 11.5 Å². The molecule has 2 fully saturated rings. The fourth-order valence-corrected chi connectivity index (χ4v) is 6.82. The van der Waals surface area contributed by atoms with Gasteiger partial charge in [0.25, 0.3) is 0 Å². The predicted octanol–water partition coefficient (Wildman–Crippen LogP) is -0.538. The van der Waals surface area contributed by atoms with E-state index in [-0.39, 0.29) is 36.2 Å². The Morgan fingerprint density at radius 3 is 2.92 bits per heavy atom. The molecule has 5 atom stereocenters. The minimum absolute atomic E-state index is 0.00383. The Hall–Kier alpha value is -3.38. The lowest BCUT2D eigenvalue weighted by molar-refractivity contribution is -0.132. The van der Waals surface area contributed by atoms with Gasteiger partial charge in [-0.15, -0.1) is 0 Å². The number of likely N-dealkylation sites (N-methyl/N-ethyl adjacent to an activating group) is 2. The number of ether oxygens (including phenoxy) is 2. The zero-order valence-electron chi connectivity index (χ0n) is 21.9. The summed E-state index contributed by atoms with van der Waals surface area (Å²) in [5.41, 5.74) is 18.3. The SMILES string of the molecule is CN(CCNC(=O)[C@@H](N)CCCN=C(N)N)C(=O)Oc1ccc2c3c1OC1C(=O)CCC4[C@@H](C2)N(C)C[C@]314. The number of amides is 2. The van der Waals surface area contributed by atoms with Crippen molar-refractivity contribution in [2.45, 2.75) is 55.7 Å². The predicted molar refractivity (Wildman–Crippen MR) is 140 cm³/mol. The minimum atomic E-state index is -0.693.